The van der Waals surface area contributed by atoms with E-state index >= 15 is 0 Å². The lowest BCUT2D eigenvalue weighted by Crippen LogP contribution is -2.37. The Balaban J connectivity index is 1.76. The fourth-order valence-electron chi connectivity index (χ4n) is 2.52. The molecule has 1 saturated carbocycles. The standard InChI is InChI=1S/C15H17BrN2O2/c1-9(7-17-10-5-6-10)8-18-13-11(14(19)15(18)20)3-2-4-12(13)16/h2-4,9-10,17H,5-8H2,1H3. The summed E-state index contributed by atoms with van der Waals surface area (Å²) < 4.78 is 0.802. The molecule has 0 radical (unpaired) electrons. The number of halogens is 1. The third-order valence-corrected chi connectivity index (χ3v) is 4.41. The largest absolute Gasteiger partial charge is 0.314 e. The molecule has 0 spiro atoms. The number of ketones is 1. The molecule has 1 aromatic rings. The van der Waals surface area contributed by atoms with E-state index < -0.39 is 11.7 Å². The van der Waals surface area contributed by atoms with Crippen LogP contribution in [0, 0.1) is 5.92 Å². The molecule has 1 unspecified atom stereocenters. The fraction of sp³-hybridized carbons (Fsp3) is 0.467. The lowest BCUT2D eigenvalue weighted by Gasteiger charge is -2.22. The summed E-state index contributed by atoms with van der Waals surface area (Å²) in [6.45, 7) is 3.55. The van der Waals surface area contributed by atoms with Gasteiger partial charge in [0.05, 0.1) is 11.3 Å². The van der Waals surface area contributed by atoms with E-state index in [2.05, 4.69) is 28.2 Å². The Morgan fingerprint density at radius 3 is 2.85 bits per heavy atom. The van der Waals surface area contributed by atoms with E-state index in [-0.39, 0.29) is 0 Å². The Hall–Kier alpha value is -1.20. The van der Waals surface area contributed by atoms with E-state index in [1.54, 1.807) is 17.0 Å². The molecule has 1 aromatic carbocycles. The first-order valence-corrected chi connectivity index (χ1v) is 7.75. The molecule has 0 aromatic heterocycles. The first-order valence-electron chi connectivity index (χ1n) is 6.96. The van der Waals surface area contributed by atoms with Gasteiger partial charge in [0, 0.05) is 17.1 Å². The molecule has 0 saturated heterocycles. The molecule has 0 bridgehead atoms. The number of rotatable bonds is 5. The Kier molecular flexibility index (Phi) is 3.65. The first kappa shape index (κ1) is 13.8. The molecule has 5 heteroatoms. The minimum absolute atomic E-state index is 0.311. The van der Waals surface area contributed by atoms with E-state index in [4.69, 9.17) is 0 Å². The predicted molar refractivity (Wildman–Crippen MR) is 81.0 cm³/mol. The van der Waals surface area contributed by atoms with Crippen molar-refractivity contribution in [3.63, 3.8) is 0 Å². The number of nitrogens with one attached hydrogen (secondary N) is 1. The van der Waals surface area contributed by atoms with Gasteiger partial charge in [-0.3, -0.25) is 9.59 Å². The molecular formula is C15H17BrN2O2. The van der Waals surface area contributed by atoms with Gasteiger partial charge < -0.3 is 10.2 Å². The third kappa shape index (κ3) is 2.52. The number of benzene rings is 1. The highest BCUT2D eigenvalue weighted by Crippen LogP contribution is 2.36. The van der Waals surface area contributed by atoms with E-state index in [1.165, 1.54) is 12.8 Å². The minimum Gasteiger partial charge on any atom is -0.314 e. The van der Waals surface area contributed by atoms with Crippen molar-refractivity contribution in [3.8, 4) is 0 Å². The number of hydrogen-bond acceptors (Lipinski definition) is 3. The van der Waals surface area contributed by atoms with Crippen molar-refractivity contribution in [1.29, 1.82) is 0 Å². The van der Waals surface area contributed by atoms with Crippen molar-refractivity contribution in [2.45, 2.75) is 25.8 Å². The van der Waals surface area contributed by atoms with Gasteiger partial charge in [-0.25, -0.2) is 0 Å². The third-order valence-electron chi connectivity index (χ3n) is 3.77. The van der Waals surface area contributed by atoms with Crippen LogP contribution in [0.3, 0.4) is 0 Å². The van der Waals surface area contributed by atoms with Crippen molar-refractivity contribution in [2.24, 2.45) is 5.92 Å². The summed E-state index contributed by atoms with van der Waals surface area (Å²) in [5.41, 5.74) is 1.23. The van der Waals surface area contributed by atoms with Crippen LogP contribution in [-0.4, -0.2) is 30.8 Å². The van der Waals surface area contributed by atoms with Gasteiger partial charge in [-0.05, 0) is 53.4 Å². The van der Waals surface area contributed by atoms with Gasteiger partial charge in [-0.2, -0.15) is 0 Å². The van der Waals surface area contributed by atoms with Crippen LogP contribution in [-0.2, 0) is 4.79 Å². The maximum atomic E-state index is 12.1. The zero-order valence-corrected chi connectivity index (χ0v) is 12.9. The monoisotopic (exact) mass is 336 g/mol. The van der Waals surface area contributed by atoms with Crippen LogP contribution >= 0.6 is 15.9 Å². The van der Waals surface area contributed by atoms with Crippen LogP contribution in [0.1, 0.15) is 30.1 Å². The number of anilines is 1. The topological polar surface area (TPSA) is 49.4 Å². The highest BCUT2D eigenvalue weighted by molar-refractivity contribution is 9.10. The molecular weight excluding hydrogens is 320 g/mol. The molecule has 1 heterocycles. The molecule has 1 N–H and O–H groups in total. The normalized spacial score (nSPS) is 19.4. The summed E-state index contributed by atoms with van der Waals surface area (Å²) >= 11 is 3.44. The molecule has 1 aliphatic heterocycles. The number of Topliss-reactive ketones (excluding diaryl/α,β-unsaturated/α-hetero) is 1. The number of fused-ring (bicyclic) bond motifs is 1. The molecule has 1 fully saturated rings. The van der Waals surface area contributed by atoms with Crippen LogP contribution in [0.2, 0.25) is 0 Å². The molecule has 1 atom stereocenters. The summed E-state index contributed by atoms with van der Waals surface area (Å²) in [5, 5.41) is 3.46. The molecule has 1 aliphatic carbocycles. The number of nitrogens with zero attached hydrogens (tertiary/aromatic N) is 1. The van der Waals surface area contributed by atoms with Crippen LogP contribution in [0.4, 0.5) is 5.69 Å². The van der Waals surface area contributed by atoms with Gasteiger partial charge in [0.25, 0.3) is 11.7 Å². The van der Waals surface area contributed by atoms with Crippen LogP contribution < -0.4 is 10.2 Å². The fourth-order valence-corrected chi connectivity index (χ4v) is 3.10. The highest BCUT2D eigenvalue weighted by atomic mass is 79.9. The molecule has 3 rings (SSSR count). The van der Waals surface area contributed by atoms with Gasteiger partial charge in [0.1, 0.15) is 0 Å². The number of amides is 1. The first-order chi connectivity index (χ1) is 9.58. The summed E-state index contributed by atoms with van der Waals surface area (Å²) in [6, 6.07) is 6.03. The van der Waals surface area contributed by atoms with Gasteiger partial charge in [-0.15, -0.1) is 0 Å². The van der Waals surface area contributed by atoms with Gasteiger partial charge in [0.15, 0.2) is 0 Å². The average molecular weight is 337 g/mol. The van der Waals surface area contributed by atoms with Crippen LogP contribution in [0.25, 0.3) is 0 Å². The van der Waals surface area contributed by atoms with E-state index in [1.807, 2.05) is 6.07 Å². The Morgan fingerprint density at radius 1 is 1.40 bits per heavy atom. The van der Waals surface area contributed by atoms with Gasteiger partial charge in [-0.1, -0.05) is 13.0 Å². The van der Waals surface area contributed by atoms with Gasteiger partial charge in [0.2, 0.25) is 0 Å². The summed E-state index contributed by atoms with van der Waals surface area (Å²) in [7, 11) is 0. The van der Waals surface area contributed by atoms with Crippen LogP contribution in [0.15, 0.2) is 22.7 Å². The predicted octanol–water partition coefficient (Wildman–Crippen LogP) is 2.37. The summed E-state index contributed by atoms with van der Waals surface area (Å²) in [4.78, 5) is 25.7. The number of carbonyl (C=O) groups is 2. The zero-order chi connectivity index (χ0) is 14.3. The SMILES string of the molecule is CC(CNC1CC1)CN1C(=O)C(=O)c2cccc(Br)c21. The lowest BCUT2D eigenvalue weighted by molar-refractivity contribution is -0.114. The zero-order valence-electron chi connectivity index (χ0n) is 11.4. The number of hydrogen-bond donors (Lipinski definition) is 1. The summed E-state index contributed by atoms with van der Waals surface area (Å²) in [6.07, 6.45) is 2.50. The lowest BCUT2D eigenvalue weighted by atomic mass is 10.1. The molecule has 20 heavy (non-hydrogen) atoms. The second-order valence-electron chi connectivity index (χ2n) is 5.67. The van der Waals surface area contributed by atoms with E-state index in [0.29, 0.717) is 24.1 Å². The minimum atomic E-state index is -0.412. The molecule has 2 aliphatic rings. The maximum Gasteiger partial charge on any atom is 0.299 e. The van der Waals surface area contributed by atoms with Crippen molar-refractivity contribution >= 4 is 33.3 Å². The quantitative estimate of drug-likeness (QED) is 0.840. The maximum absolute atomic E-state index is 12.1. The molecule has 1 amide bonds. The average Bonchev–Trinajstić information content (AvgIpc) is 3.22. The smallest absolute Gasteiger partial charge is 0.299 e. The second kappa shape index (κ2) is 5.30. The van der Waals surface area contributed by atoms with E-state index in [0.717, 1.165) is 16.7 Å². The Morgan fingerprint density at radius 2 is 2.15 bits per heavy atom. The number of para-hydroxylation sites is 1. The van der Waals surface area contributed by atoms with Crippen molar-refractivity contribution in [1.82, 2.24) is 5.32 Å². The Bertz CT molecular complexity index is 569. The highest BCUT2D eigenvalue weighted by Gasteiger charge is 2.37. The van der Waals surface area contributed by atoms with Crippen molar-refractivity contribution in [3.05, 3.63) is 28.2 Å². The van der Waals surface area contributed by atoms with E-state index in [9.17, 15) is 9.59 Å². The van der Waals surface area contributed by atoms with Crippen LogP contribution in [0.5, 0.6) is 0 Å². The number of carbonyl (C=O) groups excluding carboxylic acids is 2. The van der Waals surface area contributed by atoms with Crippen molar-refractivity contribution < 1.29 is 9.59 Å². The molecule has 4 nitrogen and oxygen atoms in total. The molecule has 106 valence electrons. The Labute approximate surface area is 126 Å². The second-order valence-corrected chi connectivity index (χ2v) is 6.52. The van der Waals surface area contributed by atoms with Crippen molar-refractivity contribution in [2.75, 3.05) is 18.0 Å². The summed E-state index contributed by atoms with van der Waals surface area (Å²) in [5.74, 6) is -0.501. The van der Waals surface area contributed by atoms with Gasteiger partial charge >= 0.3 is 0 Å².